The van der Waals surface area contributed by atoms with Crippen LogP contribution in [0.25, 0.3) is 0 Å². The van der Waals surface area contributed by atoms with Gasteiger partial charge in [-0.25, -0.2) is 9.59 Å². The highest BCUT2D eigenvalue weighted by molar-refractivity contribution is 14.1. The number of hydrogen-bond acceptors (Lipinski definition) is 7. The predicted octanol–water partition coefficient (Wildman–Crippen LogP) is 3.57. The smallest absolute Gasteiger partial charge is 0.457 e. The molecule has 14 heteroatoms. The molecule has 1 aromatic rings. The van der Waals surface area contributed by atoms with Gasteiger partial charge >= 0.3 is 27.3 Å². The monoisotopic (exact) mass is 782 g/mol. The zero-order chi connectivity index (χ0) is 22.2. The second-order valence-corrected chi connectivity index (χ2v) is 12.0. The largest absolute Gasteiger partial charge is 0.465 e. The van der Waals surface area contributed by atoms with E-state index in [-0.39, 0.29) is 12.8 Å². The summed E-state index contributed by atoms with van der Waals surface area (Å²) in [7, 11) is -5.94. The van der Waals surface area contributed by atoms with E-state index in [1.54, 1.807) is 6.07 Å². The Balaban J connectivity index is 1.54. The van der Waals surface area contributed by atoms with Crippen molar-refractivity contribution in [3.8, 4) is 5.75 Å². The maximum absolute atomic E-state index is 13.5. The first-order valence-corrected chi connectivity index (χ1v) is 13.1. The molecule has 2 bridgehead atoms. The number of halogens is 5. The van der Waals surface area contributed by atoms with E-state index in [9.17, 15) is 26.8 Å². The molecule has 1 aromatic carbocycles. The fourth-order valence-electron chi connectivity index (χ4n) is 4.16. The van der Waals surface area contributed by atoms with E-state index in [0.717, 1.165) is 7.14 Å². The third kappa shape index (κ3) is 3.51. The summed E-state index contributed by atoms with van der Waals surface area (Å²) in [6.45, 7) is 0. The van der Waals surface area contributed by atoms with Crippen LogP contribution in [0.2, 0.25) is 0 Å². The van der Waals surface area contributed by atoms with E-state index in [2.05, 4.69) is 45.2 Å². The highest BCUT2D eigenvalue weighted by Gasteiger charge is 2.64. The average molecular weight is 782 g/mol. The first kappa shape index (κ1) is 23.1. The minimum atomic E-state index is -5.94. The first-order chi connectivity index (χ1) is 13.8. The summed E-state index contributed by atoms with van der Waals surface area (Å²) in [6.07, 6.45) is -0.450. The van der Waals surface area contributed by atoms with Crippen LogP contribution in [0.5, 0.6) is 5.75 Å². The Labute approximate surface area is 209 Å². The lowest BCUT2D eigenvalue weighted by Gasteiger charge is -2.42. The topological polar surface area (TPSA) is 116 Å². The lowest BCUT2D eigenvalue weighted by molar-refractivity contribution is -0.202. The van der Waals surface area contributed by atoms with Gasteiger partial charge in [-0.2, -0.15) is 17.2 Å². The molecule has 0 saturated heterocycles. The molecule has 164 valence electrons. The Morgan fingerprint density at radius 3 is 2.47 bits per heavy atom. The van der Waals surface area contributed by atoms with E-state index in [4.69, 9.17) is 18.8 Å². The third-order valence-electron chi connectivity index (χ3n) is 5.50. The second-order valence-electron chi connectivity index (χ2n) is 7.23. The van der Waals surface area contributed by atoms with E-state index in [1.807, 2.05) is 22.6 Å². The quantitative estimate of drug-likeness (QED) is 0.215. The molecule has 0 aromatic heterocycles. The molecule has 4 unspecified atom stereocenters. The number of hydrogen-bond donors (Lipinski definition) is 1. The average Bonchev–Trinajstić information content (AvgIpc) is 3.15. The Morgan fingerprint density at radius 2 is 1.90 bits per heavy atom. The Bertz CT molecular complexity index is 1080. The zero-order valence-electron chi connectivity index (χ0n) is 14.5. The lowest BCUT2D eigenvalue weighted by atomic mass is 9.90. The van der Waals surface area contributed by atoms with Crippen molar-refractivity contribution in [1.82, 2.24) is 0 Å². The van der Waals surface area contributed by atoms with Crippen molar-refractivity contribution in [2.45, 2.75) is 36.4 Å². The highest BCUT2D eigenvalue weighted by atomic mass is 127. The van der Waals surface area contributed by atoms with Gasteiger partial charge in [0.25, 0.3) is 5.79 Å². The molecule has 0 amide bonds. The summed E-state index contributed by atoms with van der Waals surface area (Å²) in [6, 6.07) is 1.73. The number of alkyl halides is 2. The fraction of sp³-hybridized carbons (Fsp3) is 0.500. The number of benzene rings is 1. The molecule has 1 heterocycles. The minimum absolute atomic E-state index is 0.0547. The molecule has 1 spiro atoms. The van der Waals surface area contributed by atoms with Gasteiger partial charge in [0.2, 0.25) is 0 Å². The van der Waals surface area contributed by atoms with Crippen LogP contribution in [0.4, 0.5) is 8.78 Å². The molecule has 1 aliphatic heterocycles. The SMILES string of the molecule is O=C1OC2(CC3CC2CC3OC(=O)C(F)(F)S(=O)(=O)O)Oc2cc(I)c(I)c(I)c21. The lowest BCUT2D eigenvalue weighted by Crippen LogP contribution is -2.51. The van der Waals surface area contributed by atoms with E-state index < -0.39 is 51.0 Å². The summed E-state index contributed by atoms with van der Waals surface area (Å²) in [5.41, 5.74) is 0.324. The third-order valence-corrected chi connectivity index (χ3v) is 11.4. The van der Waals surface area contributed by atoms with Crippen LogP contribution >= 0.6 is 67.8 Å². The molecule has 2 aliphatic carbocycles. The van der Waals surface area contributed by atoms with Gasteiger partial charge in [-0.1, -0.05) is 0 Å². The Hall–Kier alpha value is -0.0800. The predicted molar refractivity (Wildman–Crippen MR) is 121 cm³/mol. The van der Waals surface area contributed by atoms with Gasteiger partial charge in [0.1, 0.15) is 17.4 Å². The Kier molecular flexibility index (Phi) is 5.75. The fourth-order valence-corrected chi connectivity index (χ4v) is 6.69. The van der Waals surface area contributed by atoms with Gasteiger partial charge in [-0.3, -0.25) is 4.55 Å². The number of rotatable bonds is 3. The number of ether oxygens (including phenoxy) is 3. The first-order valence-electron chi connectivity index (χ1n) is 8.42. The van der Waals surface area contributed by atoms with Gasteiger partial charge in [-0.15, -0.1) is 0 Å². The molecule has 8 nitrogen and oxygen atoms in total. The van der Waals surface area contributed by atoms with Crippen molar-refractivity contribution in [2.75, 3.05) is 0 Å². The van der Waals surface area contributed by atoms with Crippen molar-refractivity contribution >= 4 is 89.8 Å². The van der Waals surface area contributed by atoms with Crippen molar-refractivity contribution < 1.29 is 45.6 Å². The van der Waals surface area contributed by atoms with Crippen LogP contribution in [0.3, 0.4) is 0 Å². The molecular formula is C16H11F2I3O8S. The Morgan fingerprint density at radius 1 is 1.23 bits per heavy atom. The number of fused-ring (bicyclic) bond motifs is 4. The van der Waals surface area contributed by atoms with Gasteiger partial charge in [0, 0.05) is 29.0 Å². The van der Waals surface area contributed by atoms with Crippen LogP contribution < -0.4 is 4.74 Å². The van der Waals surface area contributed by atoms with Crippen molar-refractivity contribution in [3.63, 3.8) is 0 Å². The van der Waals surface area contributed by atoms with Crippen LogP contribution in [0, 0.1) is 22.5 Å². The molecule has 0 radical (unpaired) electrons. The van der Waals surface area contributed by atoms with Crippen molar-refractivity contribution in [2.24, 2.45) is 11.8 Å². The zero-order valence-corrected chi connectivity index (χ0v) is 21.8. The van der Waals surface area contributed by atoms with Crippen LogP contribution in [0.15, 0.2) is 6.07 Å². The van der Waals surface area contributed by atoms with Crippen LogP contribution in [-0.4, -0.2) is 42.1 Å². The molecule has 1 N–H and O–H groups in total. The summed E-state index contributed by atoms with van der Waals surface area (Å²) in [5, 5.41) is -5.05. The number of esters is 2. The maximum atomic E-state index is 13.5. The molecule has 30 heavy (non-hydrogen) atoms. The molecule has 2 fully saturated rings. The van der Waals surface area contributed by atoms with Crippen molar-refractivity contribution in [3.05, 3.63) is 22.3 Å². The summed E-state index contributed by atoms with van der Waals surface area (Å²) in [4.78, 5) is 24.3. The maximum Gasteiger partial charge on any atom is 0.465 e. The van der Waals surface area contributed by atoms with E-state index >= 15 is 0 Å². The molecule has 4 atom stereocenters. The van der Waals surface area contributed by atoms with Gasteiger partial charge in [0.05, 0.1) is 0 Å². The number of carbonyl (C=O) groups is 2. The van der Waals surface area contributed by atoms with Gasteiger partial charge < -0.3 is 14.2 Å². The van der Waals surface area contributed by atoms with Gasteiger partial charge in [-0.05, 0) is 86.7 Å². The minimum Gasteiger partial charge on any atom is -0.457 e. The summed E-state index contributed by atoms with van der Waals surface area (Å²) >= 11 is 6.29. The highest BCUT2D eigenvalue weighted by Crippen LogP contribution is 2.56. The van der Waals surface area contributed by atoms with Crippen LogP contribution in [0.1, 0.15) is 29.6 Å². The van der Waals surface area contributed by atoms with Crippen LogP contribution in [-0.2, 0) is 24.4 Å². The number of carbonyl (C=O) groups excluding carboxylic acids is 2. The second kappa shape index (κ2) is 7.47. The molecule has 4 rings (SSSR count). The standard InChI is InChI=1S/C16H11F2I3O8S/c17-16(18,30(24,25)26)14(23)27-8-2-6-1-5(8)4-15(6)28-9-3-7(19)11(20)12(21)10(9)13(22)29-15/h3,5-6,8H,1-2,4H2,(H,24,25,26). The normalized spacial score (nSPS) is 30.1. The molecule has 2 saturated carbocycles. The summed E-state index contributed by atoms with van der Waals surface area (Å²) < 4.78 is 75.9. The molecule has 3 aliphatic rings. The molecular weight excluding hydrogens is 771 g/mol. The van der Waals surface area contributed by atoms with E-state index in [0.29, 0.717) is 21.3 Å². The van der Waals surface area contributed by atoms with Crippen molar-refractivity contribution in [1.29, 1.82) is 0 Å². The van der Waals surface area contributed by atoms with Gasteiger partial charge in [0.15, 0.2) is 0 Å². The van der Waals surface area contributed by atoms with E-state index in [1.165, 1.54) is 0 Å². The summed E-state index contributed by atoms with van der Waals surface area (Å²) in [5.74, 6) is -4.68.